The van der Waals surface area contributed by atoms with E-state index < -0.39 is 0 Å². The van der Waals surface area contributed by atoms with E-state index in [1.165, 1.54) is 6.92 Å². The van der Waals surface area contributed by atoms with Gasteiger partial charge in [0.2, 0.25) is 0 Å². The van der Waals surface area contributed by atoms with Crippen LogP contribution in [-0.2, 0) is 0 Å². The van der Waals surface area contributed by atoms with Gasteiger partial charge >= 0.3 is 0 Å². The highest BCUT2D eigenvalue weighted by Gasteiger charge is 2.23. The molecule has 18 heavy (non-hydrogen) atoms. The lowest BCUT2D eigenvalue weighted by Crippen LogP contribution is -2.52. The summed E-state index contributed by atoms with van der Waals surface area (Å²) in [5, 5.41) is 3.26. The van der Waals surface area contributed by atoms with Crippen LogP contribution in [0.25, 0.3) is 0 Å². The smallest absolute Gasteiger partial charge is 0.254 e. The van der Waals surface area contributed by atoms with Crippen LogP contribution < -0.4 is 5.32 Å². The first-order valence-corrected chi connectivity index (χ1v) is 6.22. The van der Waals surface area contributed by atoms with Gasteiger partial charge in [-0.2, -0.15) is 0 Å². The molecule has 0 spiro atoms. The summed E-state index contributed by atoms with van der Waals surface area (Å²) in [6.45, 7) is 5.95. The molecule has 1 aromatic carbocycles. The molecule has 0 unspecified atom stereocenters. The first-order valence-electron chi connectivity index (χ1n) is 6.22. The van der Waals surface area contributed by atoms with Crippen molar-refractivity contribution in [2.24, 2.45) is 0 Å². The zero-order valence-electron chi connectivity index (χ0n) is 10.8. The summed E-state index contributed by atoms with van der Waals surface area (Å²) in [6, 6.07) is 7.09. The topological polar surface area (TPSA) is 49.4 Å². The number of carbonyl (C=O) groups excluding carboxylic acids is 2. The average Bonchev–Trinajstić information content (AvgIpc) is 2.38. The molecule has 2 rings (SSSR count). The number of hydrogen-bond acceptors (Lipinski definition) is 3. The van der Waals surface area contributed by atoms with Crippen LogP contribution in [0.4, 0.5) is 0 Å². The second kappa shape index (κ2) is 5.31. The maximum atomic E-state index is 12.3. The monoisotopic (exact) mass is 246 g/mol. The minimum Gasteiger partial charge on any atom is -0.333 e. The van der Waals surface area contributed by atoms with Gasteiger partial charge in [0.25, 0.3) is 5.91 Å². The highest BCUT2D eigenvalue weighted by Crippen LogP contribution is 2.12. The van der Waals surface area contributed by atoms with Crippen molar-refractivity contribution in [2.75, 3.05) is 19.6 Å². The Bertz CT molecular complexity index is 453. The molecule has 0 aromatic heterocycles. The zero-order chi connectivity index (χ0) is 13.1. The Hall–Kier alpha value is -1.68. The van der Waals surface area contributed by atoms with Crippen molar-refractivity contribution in [1.82, 2.24) is 10.2 Å². The number of piperazine rings is 1. The molecule has 96 valence electrons. The van der Waals surface area contributed by atoms with Crippen LogP contribution in [0.1, 0.15) is 34.6 Å². The number of hydrogen-bond donors (Lipinski definition) is 1. The fourth-order valence-electron chi connectivity index (χ4n) is 2.16. The minimum absolute atomic E-state index is 0.0181. The molecule has 1 saturated heterocycles. The van der Waals surface area contributed by atoms with Crippen molar-refractivity contribution >= 4 is 11.7 Å². The Morgan fingerprint density at radius 1 is 1.22 bits per heavy atom. The number of carbonyl (C=O) groups is 2. The van der Waals surface area contributed by atoms with Crippen LogP contribution in [0.2, 0.25) is 0 Å². The third-order valence-electron chi connectivity index (χ3n) is 3.30. The second-order valence-corrected chi connectivity index (χ2v) is 4.69. The molecular weight excluding hydrogens is 228 g/mol. The molecule has 1 aliphatic heterocycles. The lowest BCUT2D eigenvalue weighted by atomic mass is 10.1. The van der Waals surface area contributed by atoms with E-state index in [1.54, 1.807) is 24.3 Å². The molecular formula is C14H18N2O2. The molecule has 1 aromatic rings. The molecule has 0 radical (unpaired) electrons. The first-order chi connectivity index (χ1) is 8.59. The Labute approximate surface area is 107 Å². The quantitative estimate of drug-likeness (QED) is 0.801. The van der Waals surface area contributed by atoms with Gasteiger partial charge in [0.1, 0.15) is 0 Å². The van der Waals surface area contributed by atoms with E-state index in [2.05, 4.69) is 5.32 Å². The van der Waals surface area contributed by atoms with Gasteiger partial charge < -0.3 is 10.2 Å². The molecule has 0 bridgehead atoms. The van der Waals surface area contributed by atoms with Crippen molar-refractivity contribution < 1.29 is 9.59 Å². The van der Waals surface area contributed by atoms with Crippen LogP contribution in [0.15, 0.2) is 24.3 Å². The fourth-order valence-corrected chi connectivity index (χ4v) is 2.16. The molecule has 4 nitrogen and oxygen atoms in total. The van der Waals surface area contributed by atoms with Gasteiger partial charge in [0.15, 0.2) is 5.78 Å². The summed E-state index contributed by atoms with van der Waals surface area (Å²) in [7, 11) is 0. The largest absolute Gasteiger partial charge is 0.333 e. The van der Waals surface area contributed by atoms with Crippen molar-refractivity contribution in [2.45, 2.75) is 19.9 Å². The number of Topliss-reactive ketones (excluding diaryl/α,β-unsaturated/α-hetero) is 1. The molecule has 4 heteroatoms. The highest BCUT2D eigenvalue weighted by atomic mass is 16.2. The Kier molecular flexibility index (Phi) is 3.77. The summed E-state index contributed by atoms with van der Waals surface area (Å²) < 4.78 is 0. The predicted octanol–water partition coefficient (Wildman–Crippen LogP) is 1.32. The Morgan fingerprint density at radius 2 is 1.83 bits per heavy atom. The Balaban J connectivity index is 2.15. The highest BCUT2D eigenvalue weighted by molar-refractivity contribution is 5.97. The molecule has 1 fully saturated rings. The van der Waals surface area contributed by atoms with Crippen molar-refractivity contribution in [3.05, 3.63) is 35.4 Å². The molecule has 1 atom stereocenters. The van der Waals surface area contributed by atoms with Crippen LogP contribution in [0, 0.1) is 0 Å². The van der Waals surface area contributed by atoms with Crippen molar-refractivity contribution in [1.29, 1.82) is 0 Å². The summed E-state index contributed by atoms with van der Waals surface area (Å²) in [5.74, 6) is 0.0589. The first kappa shape index (κ1) is 12.8. The molecule has 0 saturated carbocycles. The van der Waals surface area contributed by atoms with E-state index in [9.17, 15) is 9.59 Å². The lowest BCUT2D eigenvalue weighted by molar-refractivity contribution is 0.0655. The standard InChI is InChI=1S/C14H18N2O2/c1-10-9-15-7-8-16(10)14(18)13-5-3-12(4-6-13)11(2)17/h3-6,10,15H,7-9H2,1-2H3/t10-/m0/s1. The molecule has 1 heterocycles. The van der Waals surface area contributed by atoms with Gasteiger partial charge in [-0.15, -0.1) is 0 Å². The Morgan fingerprint density at radius 3 is 2.39 bits per heavy atom. The number of nitrogens with one attached hydrogen (secondary N) is 1. The number of ketones is 1. The van der Waals surface area contributed by atoms with E-state index >= 15 is 0 Å². The van der Waals surface area contributed by atoms with E-state index in [0.29, 0.717) is 11.1 Å². The second-order valence-electron chi connectivity index (χ2n) is 4.69. The number of amides is 1. The minimum atomic E-state index is 0.0181. The molecule has 0 aliphatic carbocycles. The van der Waals surface area contributed by atoms with Crippen LogP contribution in [0.5, 0.6) is 0 Å². The summed E-state index contributed by atoms with van der Waals surface area (Å²) in [4.78, 5) is 25.4. The lowest BCUT2D eigenvalue weighted by Gasteiger charge is -2.34. The van der Waals surface area contributed by atoms with Crippen LogP contribution >= 0.6 is 0 Å². The fraction of sp³-hybridized carbons (Fsp3) is 0.429. The van der Waals surface area contributed by atoms with Gasteiger partial charge in [-0.25, -0.2) is 0 Å². The van der Waals surface area contributed by atoms with Crippen molar-refractivity contribution in [3.8, 4) is 0 Å². The number of nitrogens with zero attached hydrogens (tertiary/aromatic N) is 1. The molecule has 1 N–H and O–H groups in total. The average molecular weight is 246 g/mol. The predicted molar refractivity (Wildman–Crippen MR) is 69.8 cm³/mol. The van der Waals surface area contributed by atoms with Gasteiger partial charge in [-0.3, -0.25) is 9.59 Å². The van der Waals surface area contributed by atoms with E-state index in [0.717, 1.165) is 19.6 Å². The van der Waals surface area contributed by atoms with Gasteiger partial charge in [-0.1, -0.05) is 12.1 Å². The van der Waals surface area contributed by atoms with Gasteiger partial charge in [0, 0.05) is 36.8 Å². The van der Waals surface area contributed by atoms with Crippen LogP contribution in [0.3, 0.4) is 0 Å². The zero-order valence-corrected chi connectivity index (χ0v) is 10.8. The summed E-state index contributed by atoms with van der Waals surface area (Å²) >= 11 is 0. The maximum absolute atomic E-state index is 12.3. The van der Waals surface area contributed by atoms with Gasteiger partial charge in [-0.05, 0) is 26.0 Å². The third-order valence-corrected chi connectivity index (χ3v) is 3.30. The maximum Gasteiger partial charge on any atom is 0.254 e. The SMILES string of the molecule is CC(=O)c1ccc(C(=O)N2CCNC[C@@H]2C)cc1. The van der Waals surface area contributed by atoms with E-state index in [-0.39, 0.29) is 17.7 Å². The molecule has 1 aliphatic rings. The van der Waals surface area contributed by atoms with E-state index in [1.807, 2.05) is 11.8 Å². The number of benzene rings is 1. The van der Waals surface area contributed by atoms with E-state index in [4.69, 9.17) is 0 Å². The number of rotatable bonds is 2. The van der Waals surface area contributed by atoms with Crippen LogP contribution in [-0.4, -0.2) is 42.3 Å². The summed E-state index contributed by atoms with van der Waals surface area (Å²) in [6.07, 6.45) is 0. The van der Waals surface area contributed by atoms with Gasteiger partial charge in [0.05, 0.1) is 0 Å². The molecule has 1 amide bonds. The third kappa shape index (κ3) is 2.59. The summed E-state index contributed by atoms with van der Waals surface area (Å²) in [5.41, 5.74) is 1.29. The van der Waals surface area contributed by atoms with Crippen molar-refractivity contribution in [3.63, 3.8) is 0 Å². The normalized spacial score (nSPS) is 19.7.